The smallest absolute Gasteiger partial charge is 0.397 e. The van der Waals surface area contributed by atoms with Crippen molar-refractivity contribution >= 4 is 9.28 Å². The van der Waals surface area contributed by atoms with Crippen LogP contribution < -0.4 is 0 Å². The molecule has 0 aliphatic heterocycles. The molecule has 9 heteroatoms. The molecule has 0 aromatic heterocycles. The largest absolute Gasteiger partial charge is 0.416 e. The van der Waals surface area contributed by atoms with Gasteiger partial charge in [-0.15, -0.1) is 0 Å². The molecule has 1 rings (SSSR count). The van der Waals surface area contributed by atoms with E-state index in [9.17, 15) is 26.3 Å². The Bertz CT molecular complexity index is 507. The molecule has 0 saturated heterocycles. The van der Waals surface area contributed by atoms with Crippen LogP contribution in [0.5, 0.6) is 0 Å². The Morgan fingerprint density at radius 1 is 0.769 bits per heavy atom. The molecule has 0 radical (unpaired) electrons. The normalized spacial score (nSPS) is 12.8. The van der Waals surface area contributed by atoms with Gasteiger partial charge in [0.2, 0.25) is 0 Å². The first-order chi connectivity index (χ1) is 12.1. The van der Waals surface area contributed by atoms with E-state index in [0.717, 1.165) is 24.6 Å². The zero-order valence-corrected chi connectivity index (χ0v) is 16.0. The number of alkyl halides is 6. The van der Waals surface area contributed by atoms with E-state index in [-0.39, 0.29) is 18.1 Å². The summed E-state index contributed by atoms with van der Waals surface area (Å²) in [5.41, 5.74) is -2.47. The zero-order valence-electron chi connectivity index (χ0n) is 14.8. The standard InChI is InChI=1S/C17H24F6O2Si/c1-3-24-26(25-4-2)9-7-5-6-8-13-10-14(16(18,19)20)12-15(11-13)17(21,22)23/h10-12,26H,3-9H2,1-2H3. The van der Waals surface area contributed by atoms with Gasteiger partial charge in [0.25, 0.3) is 0 Å². The number of halogens is 6. The minimum Gasteiger partial charge on any atom is -0.397 e. The first-order valence-corrected chi connectivity index (χ1v) is 10.4. The van der Waals surface area contributed by atoms with Crippen molar-refractivity contribution in [2.45, 2.75) is 57.9 Å². The van der Waals surface area contributed by atoms with Gasteiger partial charge in [0.15, 0.2) is 0 Å². The van der Waals surface area contributed by atoms with Gasteiger partial charge >= 0.3 is 21.6 Å². The average Bonchev–Trinajstić information content (AvgIpc) is 2.53. The lowest BCUT2D eigenvalue weighted by molar-refractivity contribution is -0.143. The van der Waals surface area contributed by atoms with Crippen LogP contribution in [0.1, 0.15) is 49.8 Å². The molecule has 0 spiro atoms. The highest BCUT2D eigenvalue weighted by Crippen LogP contribution is 2.36. The van der Waals surface area contributed by atoms with Crippen molar-refractivity contribution in [1.29, 1.82) is 0 Å². The maximum Gasteiger partial charge on any atom is 0.416 e. The number of hydrogen-bond acceptors (Lipinski definition) is 2. The topological polar surface area (TPSA) is 18.5 Å². The second-order valence-electron chi connectivity index (χ2n) is 5.85. The fraction of sp³-hybridized carbons (Fsp3) is 0.647. The lowest BCUT2D eigenvalue weighted by Gasteiger charge is -2.15. The van der Waals surface area contributed by atoms with E-state index >= 15 is 0 Å². The van der Waals surface area contributed by atoms with Gasteiger partial charge in [-0.1, -0.05) is 12.8 Å². The van der Waals surface area contributed by atoms with E-state index in [4.69, 9.17) is 8.85 Å². The van der Waals surface area contributed by atoms with Crippen LogP contribution in [0.2, 0.25) is 6.04 Å². The molecule has 0 saturated carbocycles. The van der Waals surface area contributed by atoms with Gasteiger partial charge in [-0.25, -0.2) is 0 Å². The maximum absolute atomic E-state index is 12.8. The van der Waals surface area contributed by atoms with Crippen LogP contribution in [0.15, 0.2) is 18.2 Å². The SMILES string of the molecule is CCO[SiH](CCCCCc1cc(C(F)(F)F)cc(C(F)(F)F)c1)OCC. The van der Waals surface area contributed by atoms with E-state index in [1.807, 2.05) is 13.8 Å². The van der Waals surface area contributed by atoms with Crippen molar-refractivity contribution in [3.05, 3.63) is 34.9 Å². The molecule has 0 atom stereocenters. The molecular formula is C17H24F6O2Si. The van der Waals surface area contributed by atoms with Crippen molar-refractivity contribution < 1.29 is 35.2 Å². The minimum absolute atomic E-state index is 0.0514. The van der Waals surface area contributed by atoms with Crippen LogP contribution in [0.25, 0.3) is 0 Å². The average molecular weight is 402 g/mol. The Morgan fingerprint density at radius 3 is 1.69 bits per heavy atom. The van der Waals surface area contributed by atoms with Gasteiger partial charge < -0.3 is 8.85 Å². The fourth-order valence-corrected chi connectivity index (χ4v) is 4.36. The van der Waals surface area contributed by atoms with Gasteiger partial charge in [0.1, 0.15) is 0 Å². The van der Waals surface area contributed by atoms with Gasteiger partial charge in [0, 0.05) is 13.2 Å². The van der Waals surface area contributed by atoms with Crippen LogP contribution in [0, 0.1) is 0 Å². The van der Waals surface area contributed by atoms with Gasteiger partial charge in [0.05, 0.1) is 11.1 Å². The summed E-state index contributed by atoms with van der Waals surface area (Å²) < 4.78 is 88.0. The van der Waals surface area contributed by atoms with Gasteiger partial charge in [-0.2, -0.15) is 26.3 Å². The highest BCUT2D eigenvalue weighted by atomic mass is 28.3. The number of rotatable bonds is 10. The molecule has 2 nitrogen and oxygen atoms in total. The third kappa shape index (κ3) is 8.09. The molecule has 0 unspecified atom stereocenters. The molecule has 1 aromatic rings. The summed E-state index contributed by atoms with van der Waals surface area (Å²) in [6.45, 7) is 4.90. The van der Waals surface area contributed by atoms with Crippen molar-refractivity contribution in [3.63, 3.8) is 0 Å². The molecule has 1 aromatic carbocycles. The first kappa shape index (κ1) is 23.0. The van der Waals surface area contributed by atoms with Gasteiger partial charge in [-0.05, 0) is 56.5 Å². The summed E-state index contributed by atoms with van der Waals surface area (Å²) in [4.78, 5) is 0. The Labute approximate surface area is 151 Å². The summed E-state index contributed by atoms with van der Waals surface area (Å²) in [5.74, 6) is 0. The second-order valence-corrected chi connectivity index (χ2v) is 7.96. The van der Waals surface area contributed by atoms with Gasteiger partial charge in [-0.3, -0.25) is 0 Å². The number of benzene rings is 1. The van der Waals surface area contributed by atoms with Crippen LogP contribution in [-0.2, 0) is 27.6 Å². The van der Waals surface area contributed by atoms with Crippen molar-refractivity contribution in [2.24, 2.45) is 0 Å². The highest BCUT2D eigenvalue weighted by molar-refractivity contribution is 6.44. The predicted octanol–water partition coefficient (Wildman–Crippen LogP) is 5.73. The number of unbranched alkanes of at least 4 members (excludes halogenated alkanes) is 2. The van der Waals surface area contributed by atoms with Crippen molar-refractivity contribution in [3.8, 4) is 0 Å². The van der Waals surface area contributed by atoms with Crippen molar-refractivity contribution in [2.75, 3.05) is 13.2 Å². The second kappa shape index (κ2) is 10.3. The molecule has 0 amide bonds. The number of hydrogen-bond donors (Lipinski definition) is 0. The predicted molar refractivity (Wildman–Crippen MR) is 89.2 cm³/mol. The molecule has 0 bridgehead atoms. The summed E-state index contributed by atoms with van der Waals surface area (Å²) in [6.07, 6.45) is -7.45. The molecule has 0 heterocycles. The Balaban J connectivity index is 2.64. The first-order valence-electron chi connectivity index (χ1n) is 8.59. The van der Waals surface area contributed by atoms with E-state index in [1.54, 1.807) is 0 Å². The molecule has 0 aliphatic rings. The van der Waals surface area contributed by atoms with Crippen LogP contribution in [0.3, 0.4) is 0 Å². The summed E-state index contributed by atoms with van der Waals surface area (Å²) in [5, 5.41) is 0. The highest BCUT2D eigenvalue weighted by Gasteiger charge is 2.36. The Morgan fingerprint density at radius 2 is 1.27 bits per heavy atom. The molecule has 0 N–H and O–H groups in total. The molecule has 26 heavy (non-hydrogen) atoms. The number of aryl methyl sites for hydroxylation is 1. The minimum atomic E-state index is -4.80. The lowest BCUT2D eigenvalue weighted by atomic mass is 10.0. The molecular weight excluding hydrogens is 378 g/mol. The van der Waals surface area contributed by atoms with Crippen LogP contribution >= 0.6 is 0 Å². The van der Waals surface area contributed by atoms with E-state index < -0.39 is 32.8 Å². The monoisotopic (exact) mass is 402 g/mol. The fourth-order valence-electron chi connectivity index (χ4n) is 2.57. The van der Waals surface area contributed by atoms with E-state index in [0.29, 0.717) is 26.1 Å². The molecule has 0 aliphatic carbocycles. The maximum atomic E-state index is 12.8. The summed E-state index contributed by atoms with van der Waals surface area (Å²) >= 11 is 0. The van der Waals surface area contributed by atoms with Crippen LogP contribution in [0.4, 0.5) is 26.3 Å². The quantitative estimate of drug-likeness (QED) is 0.283. The molecule has 0 fully saturated rings. The third-order valence-corrected chi connectivity index (χ3v) is 6.05. The van der Waals surface area contributed by atoms with Crippen molar-refractivity contribution in [1.82, 2.24) is 0 Å². The van der Waals surface area contributed by atoms with E-state index in [2.05, 4.69) is 0 Å². The summed E-state index contributed by atoms with van der Waals surface area (Å²) in [7, 11) is -1.71. The Hall–Kier alpha value is -1.06. The zero-order chi connectivity index (χ0) is 19.8. The van der Waals surface area contributed by atoms with Crippen LogP contribution in [-0.4, -0.2) is 22.5 Å². The third-order valence-electron chi connectivity index (χ3n) is 3.76. The Kier molecular flexibility index (Phi) is 9.12. The molecule has 150 valence electrons. The summed E-state index contributed by atoms with van der Waals surface area (Å²) in [6, 6.07) is 2.53. The lowest BCUT2D eigenvalue weighted by Crippen LogP contribution is -2.22. The van der Waals surface area contributed by atoms with E-state index in [1.165, 1.54) is 0 Å².